The quantitative estimate of drug-likeness (QED) is 0.583. The van der Waals surface area contributed by atoms with Gasteiger partial charge >= 0.3 is 0 Å². The van der Waals surface area contributed by atoms with E-state index in [0.717, 1.165) is 0 Å². The molecule has 0 atom stereocenters. The monoisotopic (exact) mass is 353 g/mol. The molecule has 0 bridgehead atoms. The first-order valence-electron chi connectivity index (χ1n) is 6.88. The maximum Gasteiger partial charge on any atom is 0.246 e. The normalized spacial score (nSPS) is 11.4. The summed E-state index contributed by atoms with van der Waals surface area (Å²) in [5.41, 5.74) is 2.55. The van der Waals surface area contributed by atoms with Gasteiger partial charge in [0, 0.05) is 24.1 Å². The number of para-hydroxylation sites is 2. The topological polar surface area (TPSA) is 96.1 Å². The van der Waals surface area contributed by atoms with E-state index in [4.69, 9.17) is 18.6 Å². The van der Waals surface area contributed by atoms with Gasteiger partial charge in [-0.15, -0.1) is 14.8 Å². The lowest BCUT2D eigenvalue weighted by Crippen LogP contribution is -2.68. The molecule has 122 valence electrons. The van der Waals surface area contributed by atoms with E-state index >= 15 is 0 Å². The molecular formula is C16H16ClNO4S. The van der Waals surface area contributed by atoms with Crippen molar-refractivity contribution in [1.29, 1.82) is 0 Å². The molecule has 0 saturated carbocycles. The Morgan fingerprint density at radius 2 is 1.39 bits per heavy atom. The Balaban J connectivity index is 0.000000338. The van der Waals surface area contributed by atoms with Crippen LogP contribution in [-0.4, -0.2) is 0 Å². The van der Waals surface area contributed by atoms with Gasteiger partial charge in [-0.05, 0) is 6.07 Å². The Morgan fingerprint density at radius 3 is 1.96 bits per heavy atom. The molecule has 7 heteroatoms. The molecule has 3 aromatic rings. The third kappa shape index (κ3) is 4.97. The Morgan fingerprint density at radius 1 is 0.870 bits per heavy atom. The molecule has 0 aliphatic carbocycles. The standard InChI is InChI=1S/C16H16NS.ClHO4/c1-12(2)16-17(13-8-4-3-5-9-13)14-10-6-7-11-15(14)18-16;2-1(3,4)5/h3-12H,1-2H3;(H,2,3,4,5)/q+1;/p-1. The van der Waals surface area contributed by atoms with Crippen LogP contribution in [0.3, 0.4) is 0 Å². The van der Waals surface area contributed by atoms with Crippen molar-refractivity contribution in [2.24, 2.45) is 0 Å². The Bertz CT molecular complexity index is 763. The van der Waals surface area contributed by atoms with Gasteiger partial charge in [0.05, 0.1) is 0 Å². The Labute approximate surface area is 140 Å². The maximum absolute atomic E-state index is 8.49. The predicted molar refractivity (Wildman–Crippen MR) is 77.4 cm³/mol. The summed E-state index contributed by atoms with van der Waals surface area (Å²) in [5, 5.41) is 1.41. The highest BCUT2D eigenvalue weighted by molar-refractivity contribution is 7.18. The van der Waals surface area contributed by atoms with Crippen LogP contribution in [0.4, 0.5) is 0 Å². The number of fused-ring (bicyclic) bond motifs is 1. The first kappa shape index (κ1) is 17.8. The van der Waals surface area contributed by atoms with Gasteiger partial charge in [-0.25, -0.2) is 18.6 Å². The second-order valence-corrected chi connectivity index (χ2v) is 6.93. The fraction of sp³-hybridized carbons (Fsp3) is 0.188. The molecule has 23 heavy (non-hydrogen) atoms. The zero-order valence-electron chi connectivity index (χ0n) is 12.6. The minimum Gasteiger partial charge on any atom is -0.222 e. The molecule has 0 radical (unpaired) electrons. The second-order valence-electron chi connectivity index (χ2n) is 5.11. The van der Waals surface area contributed by atoms with E-state index in [0.29, 0.717) is 5.92 Å². The van der Waals surface area contributed by atoms with E-state index in [1.807, 2.05) is 11.3 Å². The van der Waals surface area contributed by atoms with E-state index in [1.165, 1.54) is 20.9 Å². The van der Waals surface area contributed by atoms with Crippen LogP contribution in [0.1, 0.15) is 24.8 Å². The van der Waals surface area contributed by atoms with Crippen molar-refractivity contribution in [2.75, 3.05) is 0 Å². The van der Waals surface area contributed by atoms with Crippen LogP contribution >= 0.6 is 11.3 Å². The minimum absolute atomic E-state index is 0.530. The van der Waals surface area contributed by atoms with Crippen molar-refractivity contribution in [2.45, 2.75) is 19.8 Å². The minimum atomic E-state index is -4.94. The SMILES string of the molecule is CC(C)c1sc2ccccc2[n+]1-c1ccccc1.[O-][Cl+3]([O-])([O-])[O-]. The first-order chi connectivity index (χ1) is 10.8. The Hall–Kier alpha value is -1.54. The van der Waals surface area contributed by atoms with Crippen LogP contribution in [0, 0.1) is 10.2 Å². The lowest BCUT2D eigenvalue weighted by molar-refractivity contribution is -2.00. The van der Waals surface area contributed by atoms with Gasteiger partial charge in [0.15, 0.2) is 0 Å². The van der Waals surface area contributed by atoms with Crippen molar-refractivity contribution < 1.29 is 33.4 Å². The van der Waals surface area contributed by atoms with Gasteiger partial charge < -0.3 is 0 Å². The number of thiazole rings is 1. The second kappa shape index (κ2) is 7.35. The Kier molecular flexibility index (Phi) is 5.69. The van der Waals surface area contributed by atoms with Gasteiger partial charge in [0.25, 0.3) is 0 Å². The maximum atomic E-state index is 8.49. The average molecular weight is 354 g/mol. The molecule has 0 unspecified atom stereocenters. The van der Waals surface area contributed by atoms with Crippen molar-refractivity contribution >= 4 is 21.6 Å². The molecule has 0 saturated heterocycles. The van der Waals surface area contributed by atoms with Crippen molar-refractivity contribution in [3.8, 4) is 5.69 Å². The smallest absolute Gasteiger partial charge is 0.222 e. The lowest BCUT2D eigenvalue weighted by atomic mass is 10.2. The molecule has 5 nitrogen and oxygen atoms in total. The van der Waals surface area contributed by atoms with Crippen LogP contribution < -0.4 is 23.2 Å². The van der Waals surface area contributed by atoms with E-state index in [9.17, 15) is 0 Å². The van der Waals surface area contributed by atoms with Crippen molar-refractivity contribution in [1.82, 2.24) is 0 Å². The van der Waals surface area contributed by atoms with Gasteiger partial charge in [-0.2, -0.15) is 0 Å². The zero-order chi connectivity index (χ0) is 17.0. The largest absolute Gasteiger partial charge is 0.246 e. The molecule has 2 aromatic carbocycles. The van der Waals surface area contributed by atoms with Crippen LogP contribution in [0.25, 0.3) is 15.9 Å². The van der Waals surface area contributed by atoms with Crippen LogP contribution in [0.2, 0.25) is 0 Å². The van der Waals surface area contributed by atoms with E-state index < -0.39 is 10.2 Å². The number of nitrogens with zero attached hydrogens (tertiary/aromatic N) is 1. The van der Waals surface area contributed by atoms with E-state index in [-0.39, 0.29) is 0 Å². The number of rotatable bonds is 2. The molecule has 0 fully saturated rings. The van der Waals surface area contributed by atoms with Gasteiger partial charge in [0.2, 0.25) is 16.2 Å². The summed E-state index contributed by atoms with van der Waals surface area (Å²) in [6.45, 7) is 4.51. The molecular weight excluding hydrogens is 338 g/mol. The van der Waals surface area contributed by atoms with E-state index in [1.54, 1.807) is 0 Å². The summed E-state index contributed by atoms with van der Waals surface area (Å²) in [5.74, 6) is 0.530. The third-order valence-electron chi connectivity index (χ3n) is 3.05. The molecule has 0 N–H and O–H groups in total. The average Bonchev–Trinajstić information content (AvgIpc) is 2.86. The predicted octanol–water partition coefficient (Wildman–Crippen LogP) is -0.455. The highest BCUT2D eigenvalue weighted by Gasteiger charge is 2.24. The van der Waals surface area contributed by atoms with Gasteiger partial charge in [-0.1, -0.05) is 55.5 Å². The third-order valence-corrected chi connectivity index (χ3v) is 4.48. The number of aromatic nitrogens is 1. The molecule has 0 aliphatic heterocycles. The van der Waals surface area contributed by atoms with Crippen LogP contribution in [-0.2, 0) is 0 Å². The fourth-order valence-electron chi connectivity index (χ4n) is 2.22. The summed E-state index contributed by atoms with van der Waals surface area (Å²) >= 11 is 1.89. The van der Waals surface area contributed by atoms with Crippen LogP contribution in [0.5, 0.6) is 0 Å². The number of hydrogen-bond acceptors (Lipinski definition) is 5. The molecule has 0 aliphatic rings. The summed E-state index contributed by atoms with van der Waals surface area (Å²) in [7, 11) is -4.94. The highest BCUT2D eigenvalue weighted by atomic mass is 35.7. The fourth-order valence-corrected chi connectivity index (χ4v) is 3.39. The van der Waals surface area contributed by atoms with Crippen molar-refractivity contribution in [3.05, 3.63) is 59.6 Å². The van der Waals surface area contributed by atoms with Crippen molar-refractivity contribution in [3.63, 3.8) is 0 Å². The lowest BCUT2D eigenvalue weighted by Gasteiger charge is -2.17. The molecule has 1 heterocycles. The molecule has 1 aromatic heterocycles. The molecule has 0 spiro atoms. The van der Waals surface area contributed by atoms with E-state index in [2.05, 4.69) is 73.0 Å². The zero-order valence-corrected chi connectivity index (χ0v) is 14.2. The summed E-state index contributed by atoms with van der Waals surface area (Å²) in [6.07, 6.45) is 0. The number of halogens is 1. The summed E-state index contributed by atoms with van der Waals surface area (Å²) in [6, 6.07) is 19.2. The number of benzene rings is 2. The molecule has 3 rings (SSSR count). The van der Waals surface area contributed by atoms with Gasteiger partial charge in [0.1, 0.15) is 4.70 Å². The number of hydrogen-bond donors (Lipinski definition) is 0. The summed E-state index contributed by atoms with van der Waals surface area (Å²) < 4.78 is 37.7. The first-order valence-corrected chi connectivity index (χ1v) is 8.93. The molecule has 0 amide bonds. The van der Waals surface area contributed by atoms with Gasteiger partial charge in [-0.3, -0.25) is 0 Å². The van der Waals surface area contributed by atoms with Crippen LogP contribution in [0.15, 0.2) is 54.6 Å². The summed E-state index contributed by atoms with van der Waals surface area (Å²) in [4.78, 5) is 0. The highest BCUT2D eigenvalue weighted by Crippen LogP contribution is 2.27.